The average Bonchev–Trinajstić information content (AvgIpc) is 2.38. The Hall–Kier alpha value is -2.41. The summed E-state index contributed by atoms with van der Waals surface area (Å²) in [6.07, 6.45) is 0. The molecule has 84 valence electrons. The number of nitrogens with one attached hydrogen (secondary N) is 1. The summed E-state index contributed by atoms with van der Waals surface area (Å²) in [5.74, 6) is 0.586. The fourth-order valence-electron chi connectivity index (χ4n) is 1.58. The Morgan fingerprint density at radius 1 is 1.24 bits per heavy atom. The largest absolute Gasteiger partial charge is 0.357 e. The van der Waals surface area contributed by atoms with Crippen molar-refractivity contribution in [3.63, 3.8) is 0 Å². The second-order valence-corrected chi connectivity index (χ2v) is 3.66. The minimum atomic E-state index is 0.586. The molecule has 1 aromatic heterocycles. The summed E-state index contributed by atoms with van der Waals surface area (Å²) in [6.45, 7) is 1.92. The van der Waals surface area contributed by atoms with E-state index in [0.29, 0.717) is 11.5 Å². The van der Waals surface area contributed by atoms with Crippen molar-refractivity contribution >= 4 is 5.95 Å². The zero-order chi connectivity index (χ0) is 12.3. The van der Waals surface area contributed by atoms with Gasteiger partial charge in [-0.2, -0.15) is 5.26 Å². The monoisotopic (exact) mass is 224 g/mol. The second kappa shape index (κ2) is 4.62. The van der Waals surface area contributed by atoms with Crippen molar-refractivity contribution in [2.45, 2.75) is 6.92 Å². The summed E-state index contributed by atoms with van der Waals surface area (Å²) in [7, 11) is 1.78. The molecule has 0 spiro atoms. The number of benzene rings is 1. The molecule has 2 aromatic rings. The smallest absolute Gasteiger partial charge is 0.223 e. The van der Waals surface area contributed by atoms with Crippen molar-refractivity contribution in [2.24, 2.45) is 0 Å². The fourth-order valence-corrected chi connectivity index (χ4v) is 1.58. The molecule has 0 fully saturated rings. The van der Waals surface area contributed by atoms with Crippen LogP contribution in [0.1, 0.15) is 11.3 Å². The van der Waals surface area contributed by atoms with Crippen molar-refractivity contribution in [1.82, 2.24) is 9.97 Å². The zero-order valence-corrected chi connectivity index (χ0v) is 9.73. The van der Waals surface area contributed by atoms with Gasteiger partial charge in [0, 0.05) is 18.3 Å². The number of nitriles is 1. The van der Waals surface area contributed by atoms with Crippen LogP contribution in [0.5, 0.6) is 0 Å². The van der Waals surface area contributed by atoms with E-state index >= 15 is 0 Å². The van der Waals surface area contributed by atoms with Crippen molar-refractivity contribution < 1.29 is 0 Å². The van der Waals surface area contributed by atoms with Crippen LogP contribution in [-0.4, -0.2) is 17.0 Å². The molecule has 0 aliphatic carbocycles. The predicted octanol–water partition coefficient (Wildman–Crippen LogP) is 2.37. The van der Waals surface area contributed by atoms with E-state index in [1.807, 2.05) is 31.2 Å². The Morgan fingerprint density at radius 3 is 2.76 bits per heavy atom. The topological polar surface area (TPSA) is 61.6 Å². The molecule has 0 atom stereocenters. The van der Waals surface area contributed by atoms with Crippen molar-refractivity contribution in [1.29, 1.82) is 5.26 Å². The van der Waals surface area contributed by atoms with Gasteiger partial charge in [-0.05, 0) is 25.1 Å². The van der Waals surface area contributed by atoms with Crippen molar-refractivity contribution in [3.05, 3.63) is 41.6 Å². The van der Waals surface area contributed by atoms with Crippen LogP contribution in [0, 0.1) is 18.3 Å². The molecule has 2 rings (SSSR count). The third-order valence-corrected chi connectivity index (χ3v) is 2.37. The highest BCUT2D eigenvalue weighted by atomic mass is 15.1. The van der Waals surface area contributed by atoms with Gasteiger partial charge >= 0.3 is 0 Å². The first-order valence-corrected chi connectivity index (χ1v) is 5.27. The van der Waals surface area contributed by atoms with Crippen molar-refractivity contribution in [3.8, 4) is 17.3 Å². The van der Waals surface area contributed by atoms with Crippen LogP contribution in [0.15, 0.2) is 30.3 Å². The number of hydrogen-bond donors (Lipinski definition) is 1. The van der Waals surface area contributed by atoms with Crippen LogP contribution in [0.3, 0.4) is 0 Å². The maximum atomic E-state index is 8.87. The number of aromatic nitrogens is 2. The molecular weight excluding hydrogens is 212 g/mol. The standard InChI is InChI=1S/C13H12N4/c1-9-6-12(17-13(15-2)16-9)11-5-3-4-10(7-11)8-14/h3-7H,1-2H3,(H,15,16,17). The average molecular weight is 224 g/mol. The van der Waals surface area contributed by atoms with E-state index in [1.54, 1.807) is 13.1 Å². The molecule has 0 unspecified atom stereocenters. The van der Waals surface area contributed by atoms with E-state index in [4.69, 9.17) is 5.26 Å². The summed E-state index contributed by atoms with van der Waals surface area (Å²) in [5.41, 5.74) is 3.26. The number of hydrogen-bond acceptors (Lipinski definition) is 4. The molecule has 0 aliphatic rings. The Labute approximate surface area is 100.0 Å². The van der Waals surface area contributed by atoms with Gasteiger partial charge in [0.15, 0.2) is 0 Å². The van der Waals surface area contributed by atoms with E-state index in [1.165, 1.54) is 0 Å². The van der Waals surface area contributed by atoms with Gasteiger partial charge in [-0.15, -0.1) is 0 Å². The van der Waals surface area contributed by atoms with Crippen LogP contribution in [-0.2, 0) is 0 Å². The third kappa shape index (κ3) is 2.40. The van der Waals surface area contributed by atoms with Gasteiger partial charge < -0.3 is 5.32 Å². The Kier molecular flexibility index (Phi) is 3.01. The number of nitrogens with zero attached hydrogens (tertiary/aromatic N) is 3. The molecule has 1 N–H and O–H groups in total. The Bertz CT molecular complexity index is 584. The highest BCUT2D eigenvalue weighted by Crippen LogP contribution is 2.20. The quantitative estimate of drug-likeness (QED) is 0.850. The van der Waals surface area contributed by atoms with Gasteiger partial charge in [0.25, 0.3) is 0 Å². The van der Waals surface area contributed by atoms with Crippen LogP contribution in [0.25, 0.3) is 11.3 Å². The molecule has 0 radical (unpaired) electrons. The van der Waals surface area contributed by atoms with E-state index in [9.17, 15) is 0 Å². The molecule has 0 amide bonds. The summed E-state index contributed by atoms with van der Waals surface area (Å²) >= 11 is 0. The lowest BCUT2D eigenvalue weighted by atomic mass is 10.1. The van der Waals surface area contributed by atoms with Crippen LogP contribution < -0.4 is 5.32 Å². The number of anilines is 1. The molecule has 0 saturated carbocycles. The molecule has 1 heterocycles. The summed E-state index contributed by atoms with van der Waals surface area (Å²) < 4.78 is 0. The van der Waals surface area contributed by atoms with Crippen molar-refractivity contribution in [2.75, 3.05) is 12.4 Å². The molecule has 0 bridgehead atoms. The van der Waals surface area contributed by atoms with Crippen LogP contribution in [0.2, 0.25) is 0 Å². The highest BCUT2D eigenvalue weighted by Gasteiger charge is 2.04. The second-order valence-electron chi connectivity index (χ2n) is 3.66. The van der Waals surface area contributed by atoms with Gasteiger partial charge in [-0.25, -0.2) is 9.97 Å². The Morgan fingerprint density at radius 2 is 2.06 bits per heavy atom. The molecular formula is C13H12N4. The van der Waals surface area contributed by atoms with E-state index in [0.717, 1.165) is 17.0 Å². The molecule has 1 aromatic carbocycles. The zero-order valence-electron chi connectivity index (χ0n) is 9.73. The van der Waals surface area contributed by atoms with Gasteiger partial charge in [-0.1, -0.05) is 12.1 Å². The lowest BCUT2D eigenvalue weighted by Crippen LogP contribution is -1.99. The fraction of sp³-hybridized carbons (Fsp3) is 0.154. The molecule has 0 aliphatic heterocycles. The maximum Gasteiger partial charge on any atom is 0.223 e. The van der Waals surface area contributed by atoms with E-state index in [2.05, 4.69) is 21.4 Å². The first-order chi connectivity index (χ1) is 8.22. The summed E-state index contributed by atoms with van der Waals surface area (Å²) in [6, 6.07) is 11.4. The maximum absolute atomic E-state index is 8.87. The normalized spacial score (nSPS) is 9.71. The van der Waals surface area contributed by atoms with Gasteiger partial charge in [-0.3, -0.25) is 0 Å². The predicted molar refractivity (Wildman–Crippen MR) is 66.5 cm³/mol. The summed E-state index contributed by atoms with van der Waals surface area (Å²) in [4.78, 5) is 8.60. The van der Waals surface area contributed by atoms with Gasteiger partial charge in [0.05, 0.1) is 17.3 Å². The first kappa shape index (κ1) is 11.1. The lowest BCUT2D eigenvalue weighted by molar-refractivity contribution is 1.10. The lowest BCUT2D eigenvalue weighted by Gasteiger charge is -2.05. The van der Waals surface area contributed by atoms with Crippen LogP contribution in [0.4, 0.5) is 5.95 Å². The Balaban J connectivity index is 2.52. The first-order valence-electron chi connectivity index (χ1n) is 5.27. The summed E-state index contributed by atoms with van der Waals surface area (Å²) in [5, 5.41) is 11.8. The molecule has 4 heteroatoms. The molecule has 0 saturated heterocycles. The van der Waals surface area contributed by atoms with E-state index < -0.39 is 0 Å². The van der Waals surface area contributed by atoms with Gasteiger partial charge in [0.2, 0.25) is 5.95 Å². The number of aryl methyl sites for hydroxylation is 1. The molecule has 17 heavy (non-hydrogen) atoms. The SMILES string of the molecule is CNc1nc(C)cc(-c2cccc(C#N)c2)n1. The number of rotatable bonds is 2. The minimum Gasteiger partial charge on any atom is -0.357 e. The van der Waals surface area contributed by atoms with Crippen LogP contribution >= 0.6 is 0 Å². The highest BCUT2D eigenvalue weighted by molar-refractivity contribution is 5.62. The van der Waals surface area contributed by atoms with E-state index in [-0.39, 0.29) is 0 Å². The molecule has 4 nitrogen and oxygen atoms in total. The minimum absolute atomic E-state index is 0.586. The third-order valence-electron chi connectivity index (χ3n) is 2.37. The van der Waals surface area contributed by atoms with Gasteiger partial charge in [0.1, 0.15) is 0 Å².